The quantitative estimate of drug-likeness (QED) is 0.654. The van der Waals surface area contributed by atoms with Crippen LogP contribution in [0.2, 0.25) is 0 Å². The highest BCUT2D eigenvalue weighted by molar-refractivity contribution is 5.88. The topological polar surface area (TPSA) is 37.4 Å². The SMILES string of the molecule is CCC(C=O)CC1C(=O)C2CCN1CC2. The zero-order valence-corrected chi connectivity index (χ0v) is 9.32. The molecule has 84 valence electrons. The molecule has 3 fully saturated rings. The second-order valence-corrected chi connectivity index (χ2v) is 4.77. The maximum absolute atomic E-state index is 12.0. The van der Waals surface area contributed by atoms with E-state index in [2.05, 4.69) is 4.90 Å². The molecule has 0 N–H and O–H groups in total. The number of piperidine rings is 3. The first-order chi connectivity index (χ1) is 7.26. The van der Waals surface area contributed by atoms with Gasteiger partial charge >= 0.3 is 0 Å². The third-order valence-corrected chi connectivity index (χ3v) is 3.94. The van der Waals surface area contributed by atoms with Crippen LogP contribution >= 0.6 is 0 Å². The Kier molecular flexibility index (Phi) is 3.19. The van der Waals surface area contributed by atoms with Crippen LogP contribution < -0.4 is 0 Å². The Morgan fingerprint density at radius 2 is 2.13 bits per heavy atom. The van der Waals surface area contributed by atoms with Gasteiger partial charge in [0.1, 0.15) is 6.29 Å². The summed E-state index contributed by atoms with van der Waals surface area (Å²) in [5.74, 6) is 0.759. The lowest BCUT2D eigenvalue weighted by molar-refractivity contribution is -0.138. The largest absolute Gasteiger partial charge is 0.303 e. The van der Waals surface area contributed by atoms with Crippen LogP contribution in [0.25, 0.3) is 0 Å². The van der Waals surface area contributed by atoms with Crippen LogP contribution in [0.1, 0.15) is 32.6 Å². The number of hydrogen-bond donors (Lipinski definition) is 0. The van der Waals surface area contributed by atoms with Gasteiger partial charge < -0.3 is 4.79 Å². The van der Waals surface area contributed by atoms with Gasteiger partial charge in [-0.25, -0.2) is 0 Å². The fourth-order valence-electron chi connectivity index (χ4n) is 2.82. The Hall–Kier alpha value is -0.700. The molecule has 3 aliphatic heterocycles. The van der Waals surface area contributed by atoms with Crippen LogP contribution in [0.15, 0.2) is 0 Å². The first kappa shape index (κ1) is 10.8. The molecule has 15 heavy (non-hydrogen) atoms. The average molecular weight is 209 g/mol. The van der Waals surface area contributed by atoms with E-state index in [9.17, 15) is 9.59 Å². The molecule has 3 saturated heterocycles. The Morgan fingerprint density at radius 1 is 1.47 bits per heavy atom. The van der Waals surface area contributed by atoms with Gasteiger partial charge in [0.05, 0.1) is 6.04 Å². The van der Waals surface area contributed by atoms with Crippen LogP contribution in [0.3, 0.4) is 0 Å². The lowest BCUT2D eigenvalue weighted by Gasteiger charge is -2.44. The molecule has 0 spiro atoms. The highest BCUT2D eigenvalue weighted by Crippen LogP contribution is 2.31. The molecular weight excluding hydrogens is 190 g/mol. The van der Waals surface area contributed by atoms with Gasteiger partial charge in [-0.05, 0) is 38.8 Å². The Labute approximate surface area is 90.8 Å². The first-order valence-electron chi connectivity index (χ1n) is 5.99. The predicted octanol–water partition coefficient (Wildman–Crippen LogP) is 1.26. The smallest absolute Gasteiger partial charge is 0.153 e. The molecule has 3 heteroatoms. The van der Waals surface area contributed by atoms with Crippen LogP contribution in [0.5, 0.6) is 0 Å². The van der Waals surface area contributed by atoms with Crippen molar-refractivity contribution in [2.75, 3.05) is 13.1 Å². The molecule has 0 radical (unpaired) electrons. The average Bonchev–Trinajstić information content (AvgIpc) is 2.30. The summed E-state index contributed by atoms with van der Waals surface area (Å²) < 4.78 is 0. The van der Waals surface area contributed by atoms with Gasteiger partial charge in [-0.15, -0.1) is 0 Å². The molecule has 0 saturated carbocycles. The molecule has 0 aromatic heterocycles. The summed E-state index contributed by atoms with van der Waals surface area (Å²) >= 11 is 0. The van der Waals surface area contributed by atoms with E-state index in [-0.39, 0.29) is 12.0 Å². The molecule has 3 aliphatic rings. The Balaban J connectivity index is 2.02. The number of carbonyl (C=O) groups is 2. The summed E-state index contributed by atoms with van der Waals surface area (Å²) in [6, 6.07) is 0.0487. The van der Waals surface area contributed by atoms with Crippen molar-refractivity contribution in [2.24, 2.45) is 11.8 Å². The molecule has 2 unspecified atom stereocenters. The number of Topliss-reactive ketones (excluding diaryl/α,β-unsaturated/α-hetero) is 1. The van der Waals surface area contributed by atoms with Crippen LogP contribution in [-0.4, -0.2) is 36.1 Å². The number of rotatable bonds is 4. The van der Waals surface area contributed by atoms with Gasteiger partial charge in [-0.2, -0.15) is 0 Å². The zero-order chi connectivity index (χ0) is 10.8. The van der Waals surface area contributed by atoms with Crippen molar-refractivity contribution in [1.82, 2.24) is 4.90 Å². The lowest BCUT2D eigenvalue weighted by Crippen LogP contribution is -2.55. The molecule has 2 atom stereocenters. The second-order valence-electron chi connectivity index (χ2n) is 4.77. The van der Waals surface area contributed by atoms with Crippen LogP contribution in [0, 0.1) is 11.8 Å². The number of nitrogens with zero attached hydrogens (tertiary/aromatic N) is 1. The molecule has 2 bridgehead atoms. The lowest BCUT2D eigenvalue weighted by atomic mass is 9.79. The number of ketones is 1. The summed E-state index contributed by atoms with van der Waals surface area (Å²) in [5, 5.41) is 0. The van der Waals surface area contributed by atoms with Crippen molar-refractivity contribution in [3.8, 4) is 0 Å². The minimum Gasteiger partial charge on any atom is -0.303 e. The molecule has 0 aliphatic carbocycles. The summed E-state index contributed by atoms with van der Waals surface area (Å²) in [4.78, 5) is 25.1. The first-order valence-corrected chi connectivity index (χ1v) is 5.99. The molecule has 0 aromatic carbocycles. The molecule has 3 heterocycles. The van der Waals surface area contributed by atoms with E-state index in [0.717, 1.165) is 45.1 Å². The summed E-state index contributed by atoms with van der Waals surface area (Å²) in [7, 11) is 0. The van der Waals surface area contributed by atoms with Crippen molar-refractivity contribution >= 4 is 12.1 Å². The van der Waals surface area contributed by atoms with Gasteiger partial charge in [-0.1, -0.05) is 6.92 Å². The minimum atomic E-state index is 0.0487. The number of carbonyl (C=O) groups excluding carboxylic acids is 2. The van der Waals surface area contributed by atoms with Gasteiger partial charge in [-0.3, -0.25) is 9.69 Å². The fourth-order valence-corrected chi connectivity index (χ4v) is 2.82. The molecule has 0 amide bonds. The fraction of sp³-hybridized carbons (Fsp3) is 0.833. The number of fused-ring (bicyclic) bond motifs is 3. The van der Waals surface area contributed by atoms with Gasteiger partial charge in [0, 0.05) is 11.8 Å². The zero-order valence-electron chi connectivity index (χ0n) is 9.32. The minimum absolute atomic E-state index is 0.0487. The third-order valence-electron chi connectivity index (χ3n) is 3.94. The van der Waals surface area contributed by atoms with E-state index >= 15 is 0 Å². The highest BCUT2D eigenvalue weighted by Gasteiger charge is 2.41. The number of aldehydes is 1. The predicted molar refractivity (Wildman–Crippen MR) is 57.6 cm³/mol. The van der Waals surface area contributed by atoms with Gasteiger partial charge in [0.25, 0.3) is 0 Å². The summed E-state index contributed by atoms with van der Waals surface area (Å²) in [5.41, 5.74) is 0. The Morgan fingerprint density at radius 3 is 2.60 bits per heavy atom. The van der Waals surface area contributed by atoms with Crippen molar-refractivity contribution in [3.05, 3.63) is 0 Å². The third kappa shape index (κ3) is 1.98. The maximum atomic E-state index is 12.0. The van der Waals surface area contributed by atoms with E-state index in [0.29, 0.717) is 11.7 Å². The molecule has 0 aromatic rings. The molecular formula is C12H19NO2. The molecule has 3 rings (SSSR count). The van der Waals surface area contributed by atoms with E-state index in [1.54, 1.807) is 0 Å². The summed E-state index contributed by atoms with van der Waals surface area (Å²) in [6.07, 6.45) is 4.68. The highest BCUT2D eigenvalue weighted by atomic mass is 16.1. The molecule has 3 nitrogen and oxygen atoms in total. The second kappa shape index (κ2) is 4.44. The standard InChI is InChI=1S/C12H19NO2/c1-2-9(8-14)7-11-12(15)10-3-5-13(11)6-4-10/h8-11H,2-7H2,1H3. The Bertz CT molecular complexity index is 256. The van der Waals surface area contributed by atoms with E-state index < -0.39 is 0 Å². The maximum Gasteiger partial charge on any atom is 0.153 e. The van der Waals surface area contributed by atoms with Gasteiger partial charge in [0.15, 0.2) is 5.78 Å². The van der Waals surface area contributed by atoms with Crippen molar-refractivity contribution < 1.29 is 9.59 Å². The van der Waals surface area contributed by atoms with E-state index in [1.807, 2.05) is 6.92 Å². The van der Waals surface area contributed by atoms with E-state index in [1.165, 1.54) is 0 Å². The normalized spacial score (nSPS) is 36.6. The van der Waals surface area contributed by atoms with Gasteiger partial charge in [0.2, 0.25) is 0 Å². The van der Waals surface area contributed by atoms with Crippen molar-refractivity contribution in [3.63, 3.8) is 0 Å². The van der Waals surface area contributed by atoms with Crippen LogP contribution in [-0.2, 0) is 9.59 Å². The van der Waals surface area contributed by atoms with E-state index in [4.69, 9.17) is 0 Å². The monoisotopic (exact) mass is 209 g/mol. The van der Waals surface area contributed by atoms with Crippen molar-refractivity contribution in [2.45, 2.75) is 38.6 Å². The van der Waals surface area contributed by atoms with Crippen molar-refractivity contribution in [1.29, 1.82) is 0 Å². The van der Waals surface area contributed by atoms with Crippen LogP contribution in [0.4, 0.5) is 0 Å². The summed E-state index contributed by atoms with van der Waals surface area (Å²) in [6.45, 7) is 4.12. The number of hydrogen-bond acceptors (Lipinski definition) is 3.